The first-order chi connectivity index (χ1) is 20.5. The number of rotatable bonds is 12. The number of halogens is 1. The van der Waals surface area contributed by atoms with Crippen molar-refractivity contribution in [2.24, 2.45) is 0 Å². The number of aryl methyl sites for hydroxylation is 1. The second kappa shape index (κ2) is 14.1. The van der Waals surface area contributed by atoms with Crippen molar-refractivity contribution in [1.82, 2.24) is 19.5 Å². The van der Waals surface area contributed by atoms with Gasteiger partial charge in [-0.2, -0.15) is 0 Å². The van der Waals surface area contributed by atoms with E-state index in [0.29, 0.717) is 37.0 Å². The van der Waals surface area contributed by atoms with Crippen LogP contribution < -0.4 is 10.0 Å². The van der Waals surface area contributed by atoms with Gasteiger partial charge in [-0.15, -0.1) is 12.4 Å². The lowest BCUT2D eigenvalue weighted by atomic mass is 9.85. The first-order valence-electron chi connectivity index (χ1n) is 15.2. The molecule has 2 aliphatic heterocycles. The highest BCUT2D eigenvalue weighted by atomic mass is 35.5. The average molecular weight is 621 g/mol. The number of para-hydroxylation sites is 1. The van der Waals surface area contributed by atoms with Crippen LogP contribution in [0.1, 0.15) is 61.1 Å². The van der Waals surface area contributed by atoms with Gasteiger partial charge in [0.2, 0.25) is 5.91 Å². The van der Waals surface area contributed by atoms with E-state index in [2.05, 4.69) is 40.4 Å². The van der Waals surface area contributed by atoms with Crippen molar-refractivity contribution >= 4 is 39.2 Å². The molecule has 7 nitrogen and oxygen atoms in total. The van der Waals surface area contributed by atoms with Gasteiger partial charge < -0.3 is 14.8 Å². The van der Waals surface area contributed by atoms with E-state index in [-0.39, 0.29) is 30.8 Å². The Bertz CT molecular complexity index is 1580. The minimum atomic E-state index is -3.91. The smallest absolute Gasteiger partial charge is 0.256 e. The SMILES string of the molecule is Cl.O=C1CCCN1CCCNS(=O)(=O)c1c(C(c2ccccc2)c2ccccc2)c2ccccc2n1CCC1CCCN1. The normalized spacial score (nSPS) is 17.2. The summed E-state index contributed by atoms with van der Waals surface area (Å²) in [6.45, 7) is 3.22. The van der Waals surface area contributed by atoms with Gasteiger partial charge >= 0.3 is 0 Å². The largest absolute Gasteiger partial charge is 0.343 e. The molecule has 2 saturated heterocycles. The van der Waals surface area contributed by atoms with E-state index in [4.69, 9.17) is 0 Å². The molecule has 43 heavy (non-hydrogen) atoms. The Morgan fingerprint density at radius 1 is 0.884 bits per heavy atom. The van der Waals surface area contributed by atoms with Gasteiger partial charge in [0.25, 0.3) is 10.0 Å². The molecule has 9 heteroatoms. The monoisotopic (exact) mass is 620 g/mol. The van der Waals surface area contributed by atoms with Crippen molar-refractivity contribution in [3.63, 3.8) is 0 Å². The fraction of sp³-hybridized carbons (Fsp3) is 0.382. The van der Waals surface area contributed by atoms with Crippen molar-refractivity contribution in [1.29, 1.82) is 0 Å². The number of fused-ring (bicyclic) bond motifs is 1. The highest BCUT2D eigenvalue weighted by Crippen LogP contribution is 2.42. The van der Waals surface area contributed by atoms with Crippen LogP contribution in [-0.4, -0.2) is 56.0 Å². The minimum absolute atomic E-state index is 0. The molecular weight excluding hydrogens is 580 g/mol. The molecule has 0 aliphatic carbocycles. The lowest BCUT2D eigenvalue weighted by molar-refractivity contribution is -0.127. The Morgan fingerprint density at radius 2 is 1.56 bits per heavy atom. The molecule has 1 amide bonds. The van der Waals surface area contributed by atoms with E-state index in [1.807, 2.05) is 64.1 Å². The zero-order chi connectivity index (χ0) is 28.9. The van der Waals surface area contributed by atoms with Gasteiger partial charge in [-0.05, 0) is 55.8 Å². The molecule has 2 aliphatic rings. The molecule has 3 heterocycles. The second-order valence-corrected chi connectivity index (χ2v) is 13.1. The number of aromatic nitrogens is 1. The maximum Gasteiger partial charge on any atom is 0.256 e. The molecule has 1 aromatic heterocycles. The van der Waals surface area contributed by atoms with Crippen molar-refractivity contribution < 1.29 is 13.2 Å². The third-order valence-corrected chi connectivity index (χ3v) is 10.2. The third-order valence-electron chi connectivity index (χ3n) is 8.70. The fourth-order valence-corrected chi connectivity index (χ4v) is 8.23. The molecule has 0 bridgehead atoms. The van der Waals surface area contributed by atoms with E-state index in [1.54, 1.807) is 0 Å². The van der Waals surface area contributed by atoms with Gasteiger partial charge in [-0.25, -0.2) is 13.1 Å². The average Bonchev–Trinajstić information content (AvgIpc) is 3.76. The van der Waals surface area contributed by atoms with Crippen LogP contribution >= 0.6 is 12.4 Å². The lowest BCUT2D eigenvalue weighted by Gasteiger charge is -2.22. The van der Waals surface area contributed by atoms with Gasteiger partial charge in [0, 0.05) is 61.0 Å². The number of carbonyl (C=O) groups excluding carboxylic acids is 1. The zero-order valence-corrected chi connectivity index (χ0v) is 26.1. The Labute approximate surface area is 261 Å². The van der Waals surface area contributed by atoms with Crippen LogP contribution in [0.15, 0.2) is 90.0 Å². The summed E-state index contributed by atoms with van der Waals surface area (Å²) in [5, 5.41) is 4.88. The highest BCUT2D eigenvalue weighted by molar-refractivity contribution is 7.89. The summed E-state index contributed by atoms with van der Waals surface area (Å²) in [5.74, 6) is -0.105. The van der Waals surface area contributed by atoms with Crippen molar-refractivity contribution in [3.05, 3.63) is 102 Å². The van der Waals surface area contributed by atoms with Gasteiger partial charge in [0.15, 0.2) is 5.03 Å². The molecule has 6 rings (SSSR count). The number of nitrogens with one attached hydrogen (secondary N) is 2. The molecule has 0 radical (unpaired) electrons. The maximum absolute atomic E-state index is 14.4. The Kier molecular flexibility index (Phi) is 10.2. The number of benzene rings is 3. The van der Waals surface area contributed by atoms with E-state index in [1.165, 1.54) is 0 Å². The predicted molar refractivity (Wildman–Crippen MR) is 174 cm³/mol. The summed E-state index contributed by atoms with van der Waals surface area (Å²) in [6.07, 6.45) is 5.17. The molecular formula is C34H41ClN4O3S. The Balaban J connectivity index is 0.00000368. The van der Waals surface area contributed by atoms with E-state index < -0.39 is 10.0 Å². The van der Waals surface area contributed by atoms with Crippen LogP contribution in [0.2, 0.25) is 0 Å². The third kappa shape index (κ3) is 6.83. The molecule has 1 unspecified atom stereocenters. The maximum atomic E-state index is 14.4. The molecule has 4 aromatic rings. The summed E-state index contributed by atoms with van der Waals surface area (Å²) in [4.78, 5) is 13.9. The first kappa shape index (κ1) is 31.3. The van der Waals surface area contributed by atoms with Crippen LogP contribution in [-0.2, 0) is 21.4 Å². The van der Waals surface area contributed by atoms with Crippen molar-refractivity contribution in [3.8, 4) is 0 Å². The number of sulfonamides is 1. The van der Waals surface area contributed by atoms with E-state index in [9.17, 15) is 13.2 Å². The van der Waals surface area contributed by atoms with Gasteiger partial charge in [-0.3, -0.25) is 4.79 Å². The molecule has 0 saturated carbocycles. The molecule has 0 spiro atoms. The standard InChI is InChI=1S/C34H40N4O3S.ClH/c39-31-19-10-23-37(31)24-11-22-36-42(40,41)34-33(32(26-12-3-1-4-13-26)27-14-5-2-6-15-27)29-17-7-8-18-30(29)38(34)25-20-28-16-9-21-35-28;/h1-8,12-15,17-18,28,32,35-36H,9-11,16,19-25H2;1H. The summed E-state index contributed by atoms with van der Waals surface area (Å²) in [6, 6.07) is 28.9. The Morgan fingerprint density at radius 3 is 2.19 bits per heavy atom. The summed E-state index contributed by atoms with van der Waals surface area (Å²) in [5.41, 5.74) is 3.84. The van der Waals surface area contributed by atoms with Crippen LogP contribution in [0, 0.1) is 0 Å². The van der Waals surface area contributed by atoms with E-state index >= 15 is 0 Å². The number of carbonyl (C=O) groups is 1. The number of hydrogen-bond donors (Lipinski definition) is 2. The number of nitrogens with zero attached hydrogens (tertiary/aromatic N) is 2. The fourth-order valence-electron chi connectivity index (χ4n) is 6.69. The predicted octanol–water partition coefficient (Wildman–Crippen LogP) is 5.68. The van der Waals surface area contributed by atoms with Crippen LogP contribution in [0.5, 0.6) is 0 Å². The van der Waals surface area contributed by atoms with Crippen LogP contribution in [0.25, 0.3) is 10.9 Å². The lowest BCUT2D eigenvalue weighted by Crippen LogP contribution is -2.32. The molecule has 2 fully saturated rings. The zero-order valence-electron chi connectivity index (χ0n) is 24.5. The minimum Gasteiger partial charge on any atom is -0.343 e. The van der Waals surface area contributed by atoms with Crippen LogP contribution in [0.4, 0.5) is 0 Å². The number of hydrogen-bond acceptors (Lipinski definition) is 4. The number of amides is 1. The van der Waals surface area contributed by atoms with Gasteiger partial charge in [-0.1, -0.05) is 78.9 Å². The number of likely N-dealkylation sites (tertiary alicyclic amines) is 1. The Hall–Kier alpha value is -3.17. The second-order valence-electron chi connectivity index (χ2n) is 11.5. The molecule has 3 aromatic carbocycles. The summed E-state index contributed by atoms with van der Waals surface area (Å²) >= 11 is 0. The first-order valence-corrected chi connectivity index (χ1v) is 16.7. The van der Waals surface area contributed by atoms with Gasteiger partial charge in [0.05, 0.1) is 0 Å². The van der Waals surface area contributed by atoms with Crippen molar-refractivity contribution in [2.45, 2.75) is 62.1 Å². The molecule has 228 valence electrons. The highest BCUT2D eigenvalue weighted by Gasteiger charge is 2.33. The topological polar surface area (TPSA) is 83.4 Å². The summed E-state index contributed by atoms with van der Waals surface area (Å²) < 4.78 is 33.9. The van der Waals surface area contributed by atoms with Crippen molar-refractivity contribution in [2.75, 3.05) is 26.2 Å². The van der Waals surface area contributed by atoms with Gasteiger partial charge in [0.1, 0.15) is 0 Å². The molecule has 2 N–H and O–H groups in total. The van der Waals surface area contributed by atoms with E-state index in [0.717, 1.165) is 66.4 Å². The van der Waals surface area contributed by atoms with Crippen LogP contribution in [0.3, 0.4) is 0 Å². The molecule has 1 atom stereocenters. The quantitative estimate of drug-likeness (QED) is 0.200. The summed E-state index contributed by atoms with van der Waals surface area (Å²) in [7, 11) is -3.91.